The zero-order valence-electron chi connectivity index (χ0n) is 13.8. The average Bonchev–Trinajstić information content (AvgIpc) is 2.65. The van der Waals surface area contributed by atoms with E-state index in [9.17, 15) is 4.79 Å². The highest BCUT2D eigenvalue weighted by Gasteiger charge is 2.23. The molecule has 1 aromatic heterocycles. The van der Waals surface area contributed by atoms with Crippen LogP contribution in [0.2, 0.25) is 5.02 Å². The molecule has 1 saturated heterocycles. The zero-order chi connectivity index (χ0) is 17.2. The van der Waals surface area contributed by atoms with Gasteiger partial charge in [0.25, 0.3) is 5.56 Å². The van der Waals surface area contributed by atoms with Crippen LogP contribution in [0.25, 0.3) is 10.9 Å². The van der Waals surface area contributed by atoms with Gasteiger partial charge in [0, 0.05) is 24.7 Å². The van der Waals surface area contributed by atoms with E-state index >= 15 is 0 Å². The minimum atomic E-state index is -0.0400. The number of fused-ring (bicyclic) bond motifs is 1. The third-order valence-electron chi connectivity index (χ3n) is 4.81. The standard InChI is InChI=1S/C19H19ClN4O/c20-15-7-5-14(6-8-15)13-23-11-9-16(10-12-23)24-19(25)17-3-1-2-4-18(17)21-22-24/h1-8,16H,9-13H2. The maximum absolute atomic E-state index is 12.7. The van der Waals surface area contributed by atoms with E-state index in [-0.39, 0.29) is 11.6 Å². The SMILES string of the molecule is O=c1c2ccccc2nnn1C1CCN(Cc2ccc(Cl)cc2)CC1. The topological polar surface area (TPSA) is 51.0 Å². The summed E-state index contributed by atoms with van der Waals surface area (Å²) in [7, 11) is 0. The van der Waals surface area contributed by atoms with E-state index < -0.39 is 0 Å². The molecule has 1 fully saturated rings. The Bertz CT molecular complexity index is 930. The van der Waals surface area contributed by atoms with E-state index in [1.165, 1.54) is 5.56 Å². The van der Waals surface area contributed by atoms with Crippen molar-refractivity contribution in [1.82, 2.24) is 19.9 Å². The molecule has 128 valence electrons. The predicted molar refractivity (Wildman–Crippen MR) is 98.8 cm³/mol. The number of rotatable bonds is 3. The van der Waals surface area contributed by atoms with Crippen molar-refractivity contribution in [2.24, 2.45) is 0 Å². The van der Waals surface area contributed by atoms with E-state index in [0.29, 0.717) is 10.9 Å². The smallest absolute Gasteiger partial charge is 0.277 e. The Morgan fingerprint density at radius 1 is 1.04 bits per heavy atom. The largest absolute Gasteiger partial charge is 0.299 e. The second kappa shape index (κ2) is 6.94. The summed E-state index contributed by atoms with van der Waals surface area (Å²) in [5, 5.41) is 9.77. The number of likely N-dealkylation sites (tertiary alicyclic amines) is 1. The molecule has 2 aromatic carbocycles. The molecular weight excluding hydrogens is 336 g/mol. The summed E-state index contributed by atoms with van der Waals surface area (Å²) in [6.07, 6.45) is 1.81. The highest BCUT2D eigenvalue weighted by Crippen LogP contribution is 2.22. The summed E-state index contributed by atoms with van der Waals surface area (Å²) >= 11 is 5.94. The molecule has 1 aliphatic heterocycles. The lowest BCUT2D eigenvalue weighted by Crippen LogP contribution is -2.38. The molecule has 1 aliphatic rings. The molecule has 0 atom stereocenters. The van der Waals surface area contributed by atoms with Crippen LogP contribution in [0.4, 0.5) is 0 Å². The van der Waals surface area contributed by atoms with Gasteiger partial charge in [-0.25, -0.2) is 4.68 Å². The summed E-state index contributed by atoms with van der Waals surface area (Å²) in [5.41, 5.74) is 1.87. The first-order chi connectivity index (χ1) is 12.2. The van der Waals surface area contributed by atoms with Gasteiger partial charge >= 0.3 is 0 Å². The van der Waals surface area contributed by atoms with Gasteiger partial charge < -0.3 is 0 Å². The molecule has 2 heterocycles. The highest BCUT2D eigenvalue weighted by atomic mass is 35.5. The maximum atomic E-state index is 12.7. The summed E-state index contributed by atoms with van der Waals surface area (Å²) in [6.45, 7) is 2.78. The predicted octanol–water partition coefficient (Wildman–Crippen LogP) is 3.28. The van der Waals surface area contributed by atoms with Crippen molar-refractivity contribution in [3.05, 3.63) is 69.5 Å². The first-order valence-electron chi connectivity index (χ1n) is 8.52. The Balaban J connectivity index is 1.46. The third-order valence-corrected chi connectivity index (χ3v) is 5.07. The minimum Gasteiger partial charge on any atom is -0.299 e. The van der Waals surface area contributed by atoms with Crippen LogP contribution in [0.5, 0.6) is 0 Å². The number of hydrogen-bond donors (Lipinski definition) is 0. The van der Waals surface area contributed by atoms with Gasteiger partial charge in [-0.1, -0.05) is 41.1 Å². The van der Waals surface area contributed by atoms with Crippen LogP contribution in [0.1, 0.15) is 24.4 Å². The zero-order valence-corrected chi connectivity index (χ0v) is 14.6. The third kappa shape index (κ3) is 3.43. The van der Waals surface area contributed by atoms with Gasteiger partial charge in [0.15, 0.2) is 0 Å². The molecule has 0 aliphatic carbocycles. The molecule has 6 heteroatoms. The lowest BCUT2D eigenvalue weighted by molar-refractivity contribution is 0.169. The van der Waals surface area contributed by atoms with Crippen LogP contribution in [0, 0.1) is 0 Å². The molecule has 0 bridgehead atoms. The average molecular weight is 355 g/mol. The van der Waals surface area contributed by atoms with Crippen LogP contribution in [-0.2, 0) is 6.54 Å². The molecule has 0 unspecified atom stereocenters. The summed E-state index contributed by atoms with van der Waals surface area (Å²) in [6, 6.07) is 15.5. The first-order valence-corrected chi connectivity index (χ1v) is 8.89. The van der Waals surface area contributed by atoms with E-state index in [1.807, 2.05) is 36.4 Å². The van der Waals surface area contributed by atoms with E-state index in [4.69, 9.17) is 11.6 Å². The maximum Gasteiger partial charge on any atom is 0.277 e. The van der Waals surface area contributed by atoms with Crippen molar-refractivity contribution in [3.63, 3.8) is 0 Å². The van der Waals surface area contributed by atoms with Crippen LogP contribution in [-0.4, -0.2) is 33.0 Å². The molecule has 25 heavy (non-hydrogen) atoms. The molecule has 5 nitrogen and oxygen atoms in total. The quantitative estimate of drug-likeness (QED) is 0.724. The Labute approximate surface area is 150 Å². The van der Waals surface area contributed by atoms with Crippen LogP contribution in [0.15, 0.2) is 53.3 Å². The number of nitrogens with zero attached hydrogens (tertiary/aromatic N) is 4. The Morgan fingerprint density at radius 2 is 1.76 bits per heavy atom. The fourth-order valence-electron chi connectivity index (χ4n) is 3.41. The second-order valence-electron chi connectivity index (χ2n) is 6.49. The molecule has 4 rings (SSSR count). The van der Waals surface area contributed by atoms with Gasteiger partial charge in [-0.2, -0.15) is 0 Å². The molecule has 0 spiro atoms. The van der Waals surface area contributed by atoms with E-state index in [0.717, 1.165) is 37.5 Å². The Morgan fingerprint density at radius 3 is 2.52 bits per heavy atom. The lowest BCUT2D eigenvalue weighted by atomic mass is 10.0. The molecule has 3 aromatic rings. The van der Waals surface area contributed by atoms with Crippen LogP contribution < -0.4 is 5.56 Å². The number of piperidine rings is 1. The highest BCUT2D eigenvalue weighted by molar-refractivity contribution is 6.30. The van der Waals surface area contributed by atoms with Crippen LogP contribution in [0.3, 0.4) is 0 Å². The summed E-state index contributed by atoms with van der Waals surface area (Å²) in [5.74, 6) is 0. The van der Waals surface area contributed by atoms with E-state index in [1.54, 1.807) is 4.68 Å². The summed E-state index contributed by atoms with van der Waals surface area (Å²) in [4.78, 5) is 15.1. The summed E-state index contributed by atoms with van der Waals surface area (Å²) < 4.78 is 1.57. The number of halogens is 1. The number of benzene rings is 2. The van der Waals surface area contributed by atoms with Gasteiger partial charge in [-0.3, -0.25) is 9.69 Å². The molecule has 0 radical (unpaired) electrons. The van der Waals surface area contributed by atoms with Gasteiger partial charge in [-0.05, 0) is 42.7 Å². The Hall–Kier alpha value is -2.24. The molecule has 0 N–H and O–H groups in total. The van der Waals surface area contributed by atoms with Crippen molar-refractivity contribution >= 4 is 22.5 Å². The molecular formula is C19H19ClN4O. The molecule has 0 amide bonds. The monoisotopic (exact) mass is 354 g/mol. The first kappa shape index (κ1) is 16.2. The van der Waals surface area contributed by atoms with Gasteiger partial charge in [0.05, 0.1) is 11.4 Å². The number of hydrogen-bond acceptors (Lipinski definition) is 4. The van der Waals surface area contributed by atoms with Crippen molar-refractivity contribution in [2.75, 3.05) is 13.1 Å². The van der Waals surface area contributed by atoms with Gasteiger partial charge in [-0.15, -0.1) is 5.10 Å². The van der Waals surface area contributed by atoms with Crippen molar-refractivity contribution < 1.29 is 0 Å². The normalized spacial score (nSPS) is 16.4. The van der Waals surface area contributed by atoms with Crippen LogP contribution >= 0.6 is 11.6 Å². The fourth-order valence-corrected chi connectivity index (χ4v) is 3.54. The van der Waals surface area contributed by atoms with Crippen molar-refractivity contribution in [1.29, 1.82) is 0 Å². The fraction of sp³-hybridized carbons (Fsp3) is 0.316. The Kier molecular flexibility index (Phi) is 4.51. The van der Waals surface area contributed by atoms with Crippen molar-refractivity contribution in [2.45, 2.75) is 25.4 Å². The lowest BCUT2D eigenvalue weighted by Gasteiger charge is -2.32. The minimum absolute atomic E-state index is 0.0400. The van der Waals surface area contributed by atoms with Gasteiger partial charge in [0.1, 0.15) is 5.52 Å². The van der Waals surface area contributed by atoms with Gasteiger partial charge in [0.2, 0.25) is 0 Å². The van der Waals surface area contributed by atoms with E-state index in [2.05, 4.69) is 27.3 Å². The number of aromatic nitrogens is 3. The van der Waals surface area contributed by atoms with Crippen molar-refractivity contribution in [3.8, 4) is 0 Å². The molecule has 0 saturated carbocycles. The second-order valence-corrected chi connectivity index (χ2v) is 6.93.